The second-order valence-corrected chi connectivity index (χ2v) is 4.51. The van der Waals surface area contributed by atoms with Gasteiger partial charge in [0.15, 0.2) is 0 Å². The summed E-state index contributed by atoms with van der Waals surface area (Å²) in [6.45, 7) is 3.72. The van der Waals surface area contributed by atoms with Crippen LogP contribution < -0.4 is 0 Å². The fraction of sp³-hybridized carbons (Fsp3) is 0. The van der Waals surface area contributed by atoms with E-state index in [0.29, 0.717) is 0 Å². The van der Waals surface area contributed by atoms with Gasteiger partial charge >= 0.3 is 0 Å². The third kappa shape index (κ3) is 2.82. The number of benzene rings is 2. The zero-order chi connectivity index (χ0) is 14.5. The summed E-state index contributed by atoms with van der Waals surface area (Å²) < 4.78 is 2.01. The topological polar surface area (TPSA) is 30.7 Å². The highest BCUT2D eigenvalue weighted by molar-refractivity contribution is 5.81. The number of hydrogen-bond donors (Lipinski definition) is 0. The summed E-state index contributed by atoms with van der Waals surface area (Å²) in [5, 5.41) is 1.26. The lowest BCUT2D eigenvalue weighted by molar-refractivity contribution is 1.23. The number of para-hydroxylation sites is 3. The van der Waals surface area contributed by atoms with E-state index in [4.69, 9.17) is 0 Å². The minimum absolute atomic E-state index is 0.949. The summed E-state index contributed by atoms with van der Waals surface area (Å²) >= 11 is 0. The summed E-state index contributed by atoms with van der Waals surface area (Å²) in [6.07, 6.45) is 7.21. The minimum atomic E-state index is 0.949. The van der Waals surface area contributed by atoms with E-state index in [1.807, 2.05) is 53.4 Å². The molecule has 0 amide bonds. The molecule has 0 N–H and O–H groups in total. The van der Waals surface area contributed by atoms with Crippen LogP contribution in [0.15, 0.2) is 79.8 Å². The highest BCUT2D eigenvalue weighted by atomic mass is 14.9. The summed E-state index contributed by atoms with van der Waals surface area (Å²) in [6, 6.07) is 18.1. The Morgan fingerprint density at radius 3 is 2.10 bits per heavy atom. The van der Waals surface area contributed by atoms with Crippen molar-refractivity contribution in [2.45, 2.75) is 0 Å². The number of rotatable bonds is 1. The van der Waals surface area contributed by atoms with E-state index in [-0.39, 0.29) is 0 Å². The molecule has 0 aliphatic carbocycles. The van der Waals surface area contributed by atoms with Crippen molar-refractivity contribution in [3.05, 3.63) is 79.8 Å². The first-order valence-corrected chi connectivity index (χ1v) is 6.72. The van der Waals surface area contributed by atoms with Crippen LogP contribution in [0, 0.1) is 0 Å². The van der Waals surface area contributed by atoms with Crippen LogP contribution in [0.4, 0.5) is 0 Å². The number of nitrogens with zero attached hydrogens (tertiary/aromatic N) is 3. The van der Waals surface area contributed by atoms with Crippen molar-refractivity contribution in [2.24, 2.45) is 0 Å². The molecule has 0 spiro atoms. The van der Waals surface area contributed by atoms with Crippen LogP contribution in [0.1, 0.15) is 0 Å². The fourth-order valence-corrected chi connectivity index (χ4v) is 2.17. The van der Waals surface area contributed by atoms with Gasteiger partial charge in [-0.1, -0.05) is 36.9 Å². The van der Waals surface area contributed by atoms with Crippen molar-refractivity contribution in [3.8, 4) is 0 Å². The lowest BCUT2D eigenvalue weighted by Crippen LogP contribution is -1.79. The highest BCUT2D eigenvalue weighted by Crippen LogP contribution is 2.14. The maximum atomic E-state index is 4.12. The second-order valence-electron chi connectivity index (χ2n) is 4.51. The predicted octanol–water partition coefficient (Wildman–Crippen LogP) is 4.37. The van der Waals surface area contributed by atoms with Gasteiger partial charge in [-0.25, -0.2) is 0 Å². The van der Waals surface area contributed by atoms with E-state index < -0.39 is 0 Å². The lowest BCUT2D eigenvalue weighted by atomic mass is 10.2. The van der Waals surface area contributed by atoms with Crippen molar-refractivity contribution in [1.29, 1.82) is 0 Å². The molecule has 0 aliphatic rings. The molecule has 3 heteroatoms. The van der Waals surface area contributed by atoms with Gasteiger partial charge in [-0.3, -0.25) is 9.97 Å². The summed E-state index contributed by atoms with van der Waals surface area (Å²) in [5.41, 5.74) is 3.11. The maximum Gasteiger partial charge on any atom is 0.0886 e. The van der Waals surface area contributed by atoms with Gasteiger partial charge in [0.2, 0.25) is 0 Å². The molecule has 0 aliphatic heterocycles. The van der Waals surface area contributed by atoms with Crippen molar-refractivity contribution in [2.75, 3.05) is 0 Å². The standard InChI is InChI=1S/C10H9N.C8H6N2/c1-2-11-8-7-9-5-3-4-6-10(9)11;1-2-4-8-7(3-1)9-5-6-10-8/h2-8H,1H2;1-6H. The van der Waals surface area contributed by atoms with Crippen LogP contribution >= 0.6 is 0 Å². The van der Waals surface area contributed by atoms with Crippen LogP contribution in [0.3, 0.4) is 0 Å². The Morgan fingerprint density at radius 2 is 1.43 bits per heavy atom. The lowest BCUT2D eigenvalue weighted by Gasteiger charge is -1.94. The molecule has 3 nitrogen and oxygen atoms in total. The van der Waals surface area contributed by atoms with Crippen LogP contribution in [0.25, 0.3) is 28.1 Å². The average molecular weight is 273 g/mol. The van der Waals surface area contributed by atoms with Crippen LogP contribution in [-0.2, 0) is 0 Å². The zero-order valence-electron chi connectivity index (χ0n) is 11.6. The van der Waals surface area contributed by atoms with Crippen molar-refractivity contribution in [1.82, 2.24) is 14.5 Å². The quantitative estimate of drug-likeness (QED) is 0.515. The van der Waals surface area contributed by atoms with Gasteiger partial charge in [-0.2, -0.15) is 0 Å². The molecule has 4 rings (SSSR count). The molecular formula is C18H15N3. The monoisotopic (exact) mass is 273 g/mol. The van der Waals surface area contributed by atoms with Gasteiger partial charge in [0.1, 0.15) is 0 Å². The van der Waals surface area contributed by atoms with Gasteiger partial charge in [0.25, 0.3) is 0 Å². The Hall–Kier alpha value is -2.94. The normalized spacial score (nSPS) is 10.1. The highest BCUT2D eigenvalue weighted by Gasteiger charge is 1.93. The van der Waals surface area contributed by atoms with Gasteiger partial charge in [0.05, 0.1) is 16.6 Å². The molecule has 0 unspecified atom stereocenters. The van der Waals surface area contributed by atoms with Crippen LogP contribution in [0.2, 0.25) is 0 Å². The Labute approximate surface area is 123 Å². The Kier molecular flexibility index (Phi) is 3.74. The maximum absolute atomic E-state index is 4.12. The third-order valence-corrected chi connectivity index (χ3v) is 3.20. The molecule has 0 fully saturated rings. The van der Waals surface area contributed by atoms with Gasteiger partial charge in [-0.05, 0) is 29.7 Å². The first-order chi connectivity index (χ1) is 10.4. The molecule has 0 bridgehead atoms. The Morgan fingerprint density at radius 1 is 0.810 bits per heavy atom. The van der Waals surface area contributed by atoms with Crippen molar-refractivity contribution >= 4 is 28.1 Å². The smallest absolute Gasteiger partial charge is 0.0886 e. The second kappa shape index (κ2) is 6.01. The van der Waals surface area contributed by atoms with E-state index >= 15 is 0 Å². The van der Waals surface area contributed by atoms with Gasteiger partial charge in [-0.15, -0.1) is 0 Å². The molecule has 2 heterocycles. The molecule has 4 aromatic rings. The molecule has 102 valence electrons. The van der Waals surface area contributed by atoms with Gasteiger partial charge in [0, 0.05) is 24.8 Å². The fourth-order valence-electron chi connectivity index (χ4n) is 2.17. The van der Waals surface area contributed by atoms with Crippen LogP contribution in [0.5, 0.6) is 0 Å². The molecule has 2 aromatic carbocycles. The predicted molar refractivity (Wildman–Crippen MR) is 87.9 cm³/mol. The van der Waals surface area contributed by atoms with Crippen LogP contribution in [-0.4, -0.2) is 14.5 Å². The van der Waals surface area contributed by atoms with Gasteiger partial charge < -0.3 is 4.57 Å². The average Bonchev–Trinajstić information content (AvgIpc) is 2.99. The number of hydrogen-bond acceptors (Lipinski definition) is 2. The van der Waals surface area contributed by atoms with Crippen molar-refractivity contribution < 1.29 is 0 Å². The zero-order valence-corrected chi connectivity index (χ0v) is 11.6. The molecule has 21 heavy (non-hydrogen) atoms. The molecule has 2 aromatic heterocycles. The van der Waals surface area contributed by atoms with E-state index in [1.54, 1.807) is 12.4 Å². The molecule has 0 radical (unpaired) electrons. The van der Waals surface area contributed by atoms with E-state index in [9.17, 15) is 0 Å². The van der Waals surface area contributed by atoms with E-state index in [0.717, 1.165) is 11.0 Å². The number of fused-ring (bicyclic) bond motifs is 2. The summed E-state index contributed by atoms with van der Waals surface area (Å²) in [5.74, 6) is 0. The SMILES string of the molecule is C=Cn1ccc2ccccc21.c1ccc2nccnc2c1. The Balaban J connectivity index is 0.000000126. The molecule has 0 saturated carbocycles. The van der Waals surface area contributed by atoms with E-state index in [2.05, 4.69) is 34.7 Å². The first-order valence-electron chi connectivity index (χ1n) is 6.72. The molecule has 0 atom stereocenters. The van der Waals surface area contributed by atoms with E-state index in [1.165, 1.54) is 10.9 Å². The van der Waals surface area contributed by atoms with Crippen molar-refractivity contribution in [3.63, 3.8) is 0 Å². The third-order valence-electron chi connectivity index (χ3n) is 3.20. The molecule has 0 saturated heterocycles. The molecular weight excluding hydrogens is 258 g/mol. The summed E-state index contributed by atoms with van der Waals surface area (Å²) in [7, 11) is 0. The Bertz CT molecular complexity index is 812. The minimum Gasteiger partial charge on any atom is -0.324 e. The largest absolute Gasteiger partial charge is 0.324 e. The summed E-state index contributed by atoms with van der Waals surface area (Å²) in [4.78, 5) is 8.24. The first kappa shape index (κ1) is 13.1. The number of aromatic nitrogens is 3.